The number of nitriles is 1. The van der Waals surface area contributed by atoms with Crippen LogP contribution >= 0.6 is 23.1 Å². The fourth-order valence-electron chi connectivity index (χ4n) is 3.59. The highest BCUT2D eigenvalue weighted by molar-refractivity contribution is 8.00. The number of ether oxygens (including phenoxy) is 1. The summed E-state index contributed by atoms with van der Waals surface area (Å²) in [7, 11) is 1.62. The van der Waals surface area contributed by atoms with Gasteiger partial charge in [-0.25, -0.2) is 4.98 Å². The number of hydrogen-bond acceptors (Lipinski definition) is 6. The summed E-state index contributed by atoms with van der Waals surface area (Å²) in [6.45, 7) is 1.82. The van der Waals surface area contributed by atoms with Gasteiger partial charge in [-0.1, -0.05) is 18.2 Å². The third kappa shape index (κ3) is 3.43. The summed E-state index contributed by atoms with van der Waals surface area (Å²) in [5.41, 5.74) is 1.88. The number of rotatable bonds is 4. The molecular formula is C21H21N3O2S2. The quantitative estimate of drug-likeness (QED) is 0.353. The van der Waals surface area contributed by atoms with Crippen LogP contribution in [0.25, 0.3) is 15.9 Å². The average molecular weight is 412 g/mol. The van der Waals surface area contributed by atoms with E-state index in [-0.39, 0.29) is 10.8 Å². The molecule has 1 aromatic carbocycles. The molecule has 0 spiro atoms. The van der Waals surface area contributed by atoms with E-state index >= 15 is 0 Å². The van der Waals surface area contributed by atoms with Crippen molar-refractivity contribution in [2.45, 2.75) is 49.4 Å². The maximum absolute atomic E-state index is 13.6. The number of aryl methyl sites for hydroxylation is 2. The van der Waals surface area contributed by atoms with Gasteiger partial charge in [0.2, 0.25) is 0 Å². The first kappa shape index (κ1) is 19.0. The number of nitrogens with zero attached hydrogens (tertiary/aromatic N) is 3. The van der Waals surface area contributed by atoms with Gasteiger partial charge in [-0.3, -0.25) is 9.36 Å². The van der Waals surface area contributed by atoms with Crippen LogP contribution in [0, 0.1) is 11.3 Å². The molecule has 7 heteroatoms. The molecule has 2 heterocycles. The third-order valence-corrected chi connectivity index (χ3v) is 7.13. The summed E-state index contributed by atoms with van der Waals surface area (Å²) < 4.78 is 6.89. The number of thiophene rings is 1. The highest BCUT2D eigenvalue weighted by Gasteiger charge is 2.23. The number of thioether (sulfide) groups is 1. The van der Waals surface area contributed by atoms with Crippen molar-refractivity contribution in [2.75, 3.05) is 7.11 Å². The van der Waals surface area contributed by atoms with Crippen LogP contribution in [0.3, 0.4) is 0 Å². The zero-order valence-electron chi connectivity index (χ0n) is 15.9. The molecule has 0 amide bonds. The SMILES string of the molecule is COc1ccc(-n2c(S[C@H](C)C#N)nc3sc4c(c3c2=O)CCCCC4)cc1. The van der Waals surface area contributed by atoms with E-state index in [2.05, 4.69) is 6.07 Å². The Balaban J connectivity index is 1.97. The molecule has 144 valence electrons. The first-order valence-corrected chi connectivity index (χ1v) is 11.1. The molecule has 3 aromatic rings. The topological polar surface area (TPSA) is 67.9 Å². The van der Waals surface area contributed by atoms with Gasteiger partial charge in [0, 0.05) is 4.88 Å². The van der Waals surface area contributed by atoms with E-state index < -0.39 is 0 Å². The first-order chi connectivity index (χ1) is 13.6. The van der Waals surface area contributed by atoms with Gasteiger partial charge in [-0.2, -0.15) is 5.26 Å². The first-order valence-electron chi connectivity index (χ1n) is 9.40. The minimum absolute atomic E-state index is 0.0396. The molecule has 0 aliphatic heterocycles. The molecule has 0 saturated heterocycles. The average Bonchev–Trinajstić information content (AvgIpc) is 2.89. The minimum Gasteiger partial charge on any atom is -0.497 e. The van der Waals surface area contributed by atoms with E-state index in [1.165, 1.54) is 35.0 Å². The van der Waals surface area contributed by atoms with Crippen molar-refractivity contribution in [3.8, 4) is 17.5 Å². The number of benzene rings is 1. The van der Waals surface area contributed by atoms with Crippen LogP contribution in [0.1, 0.15) is 36.6 Å². The maximum atomic E-state index is 13.6. The van der Waals surface area contributed by atoms with Gasteiger partial charge >= 0.3 is 0 Å². The van der Waals surface area contributed by atoms with E-state index in [9.17, 15) is 10.1 Å². The summed E-state index contributed by atoms with van der Waals surface area (Å²) in [6, 6.07) is 9.62. The van der Waals surface area contributed by atoms with Crippen molar-refractivity contribution in [2.24, 2.45) is 0 Å². The Hall–Kier alpha value is -2.30. The number of methoxy groups -OCH3 is 1. The van der Waals surface area contributed by atoms with Crippen LogP contribution in [-0.4, -0.2) is 21.9 Å². The lowest BCUT2D eigenvalue weighted by Gasteiger charge is -2.13. The van der Waals surface area contributed by atoms with E-state index in [4.69, 9.17) is 9.72 Å². The smallest absolute Gasteiger partial charge is 0.267 e. The van der Waals surface area contributed by atoms with Crippen molar-refractivity contribution in [1.29, 1.82) is 5.26 Å². The summed E-state index contributed by atoms with van der Waals surface area (Å²) in [6.07, 6.45) is 5.45. The zero-order valence-corrected chi connectivity index (χ0v) is 17.5. The second-order valence-electron chi connectivity index (χ2n) is 6.87. The molecule has 0 N–H and O–H groups in total. The van der Waals surface area contributed by atoms with Crippen molar-refractivity contribution in [3.05, 3.63) is 45.1 Å². The second kappa shape index (κ2) is 7.98. The maximum Gasteiger partial charge on any atom is 0.267 e. The Labute approximate surface area is 172 Å². The van der Waals surface area contributed by atoms with Crippen LogP contribution < -0.4 is 10.3 Å². The van der Waals surface area contributed by atoms with Crippen molar-refractivity contribution in [1.82, 2.24) is 9.55 Å². The molecule has 5 nitrogen and oxygen atoms in total. The molecule has 0 bridgehead atoms. The van der Waals surface area contributed by atoms with Crippen LogP contribution in [0.2, 0.25) is 0 Å². The summed E-state index contributed by atoms with van der Waals surface area (Å²) in [4.78, 5) is 20.6. The molecule has 28 heavy (non-hydrogen) atoms. The van der Waals surface area contributed by atoms with Gasteiger partial charge in [0.25, 0.3) is 5.56 Å². The van der Waals surface area contributed by atoms with Crippen molar-refractivity contribution >= 4 is 33.3 Å². The Bertz CT molecular complexity index is 1110. The number of hydrogen-bond donors (Lipinski definition) is 0. The molecule has 1 aliphatic rings. The highest BCUT2D eigenvalue weighted by atomic mass is 32.2. The summed E-state index contributed by atoms with van der Waals surface area (Å²) >= 11 is 2.97. The molecule has 0 saturated carbocycles. The lowest BCUT2D eigenvalue weighted by atomic mass is 10.1. The molecule has 4 rings (SSSR count). The molecular weight excluding hydrogens is 390 g/mol. The molecule has 1 aliphatic carbocycles. The fourth-order valence-corrected chi connectivity index (χ4v) is 5.70. The Morgan fingerprint density at radius 2 is 2.00 bits per heavy atom. The summed E-state index contributed by atoms with van der Waals surface area (Å²) in [5.74, 6) is 0.731. The standard InChI is InChI=1S/C21H21N3O2S2/c1-13(12-22)27-21-23-19-18(16-6-4-3-5-7-17(16)28-19)20(25)24(21)14-8-10-15(26-2)11-9-14/h8-11,13H,3-7H2,1-2H3/t13-/m1/s1. The number of aromatic nitrogens is 2. The van der Waals surface area contributed by atoms with E-state index in [1.54, 1.807) is 23.0 Å². The third-order valence-electron chi connectivity index (χ3n) is 5.00. The van der Waals surface area contributed by atoms with Crippen molar-refractivity contribution in [3.63, 3.8) is 0 Å². The van der Waals surface area contributed by atoms with Crippen molar-refractivity contribution < 1.29 is 4.74 Å². The zero-order chi connectivity index (χ0) is 19.7. The number of fused-ring (bicyclic) bond motifs is 3. The van der Waals surface area contributed by atoms with Crippen LogP contribution in [0.15, 0.2) is 34.2 Å². The molecule has 1 atom stereocenters. The Morgan fingerprint density at radius 3 is 2.71 bits per heavy atom. The second-order valence-corrected chi connectivity index (χ2v) is 9.26. The molecule has 0 unspecified atom stereocenters. The van der Waals surface area contributed by atoms with E-state index in [0.717, 1.165) is 40.9 Å². The van der Waals surface area contributed by atoms with E-state index in [0.29, 0.717) is 5.16 Å². The van der Waals surface area contributed by atoms with Crippen LogP contribution in [0.4, 0.5) is 0 Å². The predicted octanol–water partition coefficient (Wildman–Crippen LogP) is 4.73. The predicted molar refractivity (Wildman–Crippen MR) is 114 cm³/mol. The lowest BCUT2D eigenvalue weighted by molar-refractivity contribution is 0.414. The van der Waals surface area contributed by atoms with Gasteiger partial charge < -0.3 is 4.74 Å². The Kier molecular flexibility index (Phi) is 5.42. The Morgan fingerprint density at radius 1 is 1.25 bits per heavy atom. The summed E-state index contributed by atoms with van der Waals surface area (Å²) in [5, 5.41) is 10.3. The largest absolute Gasteiger partial charge is 0.497 e. The fraction of sp³-hybridized carbons (Fsp3) is 0.381. The van der Waals surface area contributed by atoms with Gasteiger partial charge in [0.15, 0.2) is 5.16 Å². The van der Waals surface area contributed by atoms with Gasteiger partial charge in [0.05, 0.1) is 29.5 Å². The lowest BCUT2D eigenvalue weighted by Crippen LogP contribution is -2.22. The van der Waals surface area contributed by atoms with Gasteiger partial charge in [-0.05, 0) is 62.4 Å². The van der Waals surface area contributed by atoms with Crippen LogP contribution in [-0.2, 0) is 12.8 Å². The monoisotopic (exact) mass is 411 g/mol. The molecule has 0 radical (unpaired) electrons. The van der Waals surface area contributed by atoms with Gasteiger partial charge in [-0.15, -0.1) is 11.3 Å². The van der Waals surface area contributed by atoms with Crippen LogP contribution in [0.5, 0.6) is 5.75 Å². The molecule has 2 aromatic heterocycles. The minimum atomic E-state index is -0.299. The van der Waals surface area contributed by atoms with E-state index in [1.807, 2.05) is 31.2 Å². The van der Waals surface area contributed by atoms with Gasteiger partial charge in [0.1, 0.15) is 10.6 Å². The highest BCUT2D eigenvalue weighted by Crippen LogP contribution is 2.35. The normalized spacial score (nSPS) is 14.9. The molecule has 0 fully saturated rings.